The van der Waals surface area contributed by atoms with Gasteiger partial charge in [0.15, 0.2) is 11.4 Å². The number of fused-ring (bicyclic) bond motifs is 3. The Balaban J connectivity index is 1.72. The number of Topliss-reactive ketones (excluding diaryl/α,β-unsaturated/α-hetero) is 2. The van der Waals surface area contributed by atoms with Crippen molar-refractivity contribution >= 4 is 52.6 Å². The quantitative estimate of drug-likeness (QED) is 0.0820. The Morgan fingerprint density at radius 1 is 1.06 bits per heavy atom. The zero-order valence-corrected chi connectivity index (χ0v) is 31.2. The monoisotopic (exact) mass is 743 g/mol. The molecule has 7 N–H and O–H groups in total. The van der Waals surface area contributed by atoms with E-state index in [1.165, 1.54) is 25.1 Å². The third-order valence-corrected chi connectivity index (χ3v) is 9.92. The number of amides is 3. The Labute approximate surface area is 307 Å². The van der Waals surface area contributed by atoms with Crippen molar-refractivity contribution in [1.29, 1.82) is 0 Å². The minimum Gasteiger partial charge on any atom is -0.508 e. The number of ether oxygens (including phenoxy) is 2. The van der Waals surface area contributed by atoms with Gasteiger partial charge < -0.3 is 45.9 Å². The number of nitrogens with zero attached hydrogens (tertiary/aromatic N) is 3. The molecule has 0 bridgehead atoms. The number of anilines is 2. The molecule has 0 unspecified atom stereocenters. The Bertz CT molecular complexity index is 1790. The van der Waals surface area contributed by atoms with E-state index in [9.17, 15) is 49.2 Å². The first kappa shape index (κ1) is 40.6. The molecular weight excluding hydrogens is 694 g/mol. The van der Waals surface area contributed by atoms with E-state index in [1.54, 1.807) is 39.8 Å². The van der Waals surface area contributed by atoms with Crippen LogP contribution in [0.2, 0.25) is 0 Å². The number of hydrogen-bond acceptors (Lipinski definition) is 14. The lowest BCUT2D eigenvalue weighted by atomic mass is 9.57. The van der Waals surface area contributed by atoms with Gasteiger partial charge >= 0.3 is 12.1 Å². The topological polar surface area (TPSA) is 250 Å². The standard InChI is InChI=1S/C36H49N5O12/c1-9-10-11-23(43)52-16-53-34(50)41(35(2,3)4)15-22(42)38-20-14-21(39(5)6)18-12-17-13-19-27(40(7)8)30(46)26(33(37)49)32(48)36(19,51)31(47)24(17)29(45)25(18)28(20)44/h14,17,19,27,44-45,48,51H,9-13,15-16H2,1-8H3,(H2,37,49)(H,38,42)/t17-,19-,27-,36-/m0/s1. The highest BCUT2D eigenvalue weighted by Crippen LogP contribution is 2.54. The SMILES string of the molecule is CCCCC(=O)OCOC(=O)N(CC(=O)Nc1cc(N(C)C)c2c(c1O)C(O)=C1C(=O)[C@]3(O)C(O)=C(C(N)=O)C(=O)[C@@H](N(C)C)[C@@H]3C[C@@H]1C2)C(C)(C)C. The summed E-state index contributed by atoms with van der Waals surface area (Å²) < 4.78 is 10.0. The number of likely N-dealkylation sites (N-methyl/N-ethyl adjacent to an activating group) is 1. The number of carbonyl (C=O) groups excluding carboxylic acids is 6. The number of rotatable bonds is 11. The lowest BCUT2D eigenvalue weighted by Crippen LogP contribution is -2.65. The van der Waals surface area contributed by atoms with Gasteiger partial charge in [0.25, 0.3) is 5.91 Å². The molecule has 0 saturated heterocycles. The highest BCUT2D eigenvalue weighted by atomic mass is 16.7. The number of hydrogen-bond donors (Lipinski definition) is 6. The maximum Gasteiger partial charge on any atom is 0.413 e. The number of phenolic OH excluding ortho intramolecular Hbond substituents is 1. The molecule has 0 spiro atoms. The average Bonchev–Trinajstić information content (AvgIpc) is 3.04. The molecule has 53 heavy (non-hydrogen) atoms. The number of aliphatic hydroxyl groups excluding tert-OH is 2. The molecule has 1 aromatic carbocycles. The number of aliphatic hydroxyl groups is 3. The fourth-order valence-corrected chi connectivity index (χ4v) is 7.31. The number of nitrogens with two attached hydrogens (primary N) is 1. The smallest absolute Gasteiger partial charge is 0.413 e. The van der Waals surface area contributed by atoms with Crippen LogP contribution >= 0.6 is 0 Å². The number of nitrogens with one attached hydrogen (secondary N) is 1. The van der Waals surface area contributed by atoms with Crippen molar-refractivity contribution in [2.75, 3.05) is 51.7 Å². The Morgan fingerprint density at radius 3 is 2.25 bits per heavy atom. The lowest BCUT2D eigenvalue weighted by Gasteiger charge is -2.50. The van der Waals surface area contributed by atoms with Crippen LogP contribution in [-0.2, 0) is 39.9 Å². The van der Waals surface area contributed by atoms with Crippen LogP contribution in [0.5, 0.6) is 5.75 Å². The number of primary amides is 1. The summed E-state index contributed by atoms with van der Waals surface area (Å²) in [7, 11) is 6.39. The van der Waals surface area contributed by atoms with Gasteiger partial charge in [-0.15, -0.1) is 0 Å². The Morgan fingerprint density at radius 2 is 1.70 bits per heavy atom. The fourth-order valence-electron chi connectivity index (χ4n) is 7.31. The van der Waals surface area contributed by atoms with Gasteiger partial charge in [0.2, 0.25) is 18.5 Å². The largest absolute Gasteiger partial charge is 0.508 e. The predicted octanol–water partition coefficient (Wildman–Crippen LogP) is 1.90. The molecule has 0 radical (unpaired) electrons. The molecule has 1 fully saturated rings. The highest BCUT2D eigenvalue weighted by molar-refractivity contribution is 6.24. The molecule has 17 nitrogen and oxygen atoms in total. The number of esters is 1. The van der Waals surface area contributed by atoms with Gasteiger partial charge in [-0.25, -0.2) is 4.79 Å². The normalized spacial score (nSPS) is 22.5. The summed E-state index contributed by atoms with van der Waals surface area (Å²) in [5.41, 5.74) is 0.785. The van der Waals surface area contributed by atoms with E-state index >= 15 is 0 Å². The third kappa shape index (κ3) is 7.40. The number of unbranched alkanes of at least 4 members (excludes halogenated alkanes) is 1. The first-order valence-corrected chi connectivity index (χ1v) is 17.2. The van der Waals surface area contributed by atoms with E-state index < -0.39 is 101 Å². The van der Waals surface area contributed by atoms with Crippen molar-refractivity contribution in [3.8, 4) is 5.75 Å². The molecule has 3 aliphatic carbocycles. The predicted molar refractivity (Wildman–Crippen MR) is 191 cm³/mol. The van der Waals surface area contributed by atoms with Crippen molar-refractivity contribution in [1.82, 2.24) is 9.80 Å². The molecular formula is C36H49N5O12. The van der Waals surface area contributed by atoms with Crippen LogP contribution in [0, 0.1) is 11.8 Å². The van der Waals surface area contributed by atoms with Crippen LogP contribution < -0.4 is 16.0 Å². The highest BCUT2D eigenvalue weighted by Gasteiger charge is 2.64. The maximum absolute atomic E-state index is 14.2. The third-order valence-electron chi connectivity index (χ3n) is 9.92. The van der Waals surface area contributed by atoms with Crippen LogP contribution in [-0.4, -0.2) is 124 Å². The van der Waals surface area contributed by atoms with E-state index in [-0.39, 0.29) is 36.1 Å². The van der Waals surface area contributed by atoms with Gasteiger partial charge in [0.05, 0.1) is 17.3 Å². The van der Waals surface area contributed by atoms with Gasteiger partial charge in [0.1, 0.15) is 29.4 Å². The molecule has 1 saturated carbocycles. The number of benzene rings is 1. The molecule has 3 aliphatic rings. The van der Waals surface area contributed by atoms with Gasteiger partial charge in [-0.1, -0.05) is 13.3 Å². The summed E-state index contributed by atoms with van der Waals surface area (Å²) in [6.45, 7) is 5.64. The zero-order chi connectivity index (χ0) is 39.9. The zero-order valence-electron chi connectivity index (χ0n) is 31.2. The van der Waals surface area contributed by atoms with Crippen molar-refractivity contribution in [2.24, 2.45) is 17.6 Å². The average molecular weight is 744 g/mol. The molecule has 4 atom stereocenters. The molecule has 3 amide bonds. The van der Waals surface area contributed by atoms with Crippen LogP contribution in [0.1, 0.15) is 64.5 Å². The summed E-state index contributed by atoms with van der Waals surface area (Å²) in [6.07, 6.45) is 0.551. The first-order chi connectivity index (χ1) is 24.6. The van der Waals surface area contributed by atoms with E-state index in [1.807, 2.05) is 6.92 Å². The van der Waals surface area contributed by atoms with E-state index in [2.05, 4.69) is 5.32 Å². The second-order valence-electron chi connectivity index (χ2n) is 15.0. The van der Waals surface area contributed by atoms with E-state index in [0.717, 1.165) is 11.3 Å². The second-order valence-corrected chi connectivity index (χ2v) is 15.0. The van der Waals surface area contributed by atoms with Crippen molar-refractivity contribution in [3.05, 3.63) is 34.1 Å². The summed E-state index contributed by atoms with van der Waals surface area (Å²) in [5, 5.41) is 48.9. The summed E-state index contributed by atoms with van der Waals surface area (Å²) >= 11 is 0. The van der Waals surface area contributed by atoms with Crippen LogP contribution in [0.25, 0.3) is 5.76 Å². The van der Waals surface area contributed by atoms with Gasteiger partial charge in [-0.05, 0) is 71.7 Å². The van der Waals surface area contributed by atoms with Gasteiger partial charge in [-0.2, -0.15) is 0 Å². The van der Waals surface area contributed by atoms with Gasteiger partial charge in [-0.3, -0.25) is 33.8 Å². The fraction of sp³-hybridized carbons (Fsp3) is 0.556. The number of carbonyl (C=O) groups is 6. The summed E-state index contributed by atoms with van der Waals surface area (Å²) in [4.78, 5) is 82.3. The van der Waals surface area contributed by atoms with Crippen molar-refractivity contribution in [2.45, 2.75) is 77.0 Å². The number of ketones is 2. The maximum atomic E-state index is 14.2. The lowest BCUT2D eigenvalue weighted by molar-refractivity contribution is -0.154. The Kier molecular flexibility index (Phi) is 11.5. The van der Waals surface area contributed by atoms with Gasteiger partial charge in [0, 0.05) is 43.2 Å². The molecule has 0 aromatic heterocycles. The Hall–Kier alpha value is -5.16. The molecule has 4 rings (SSSR count). The second kappa shape index (κ2) is 15.1. The minimum absolute atomic E-state index is 0.0382. The molecule has 0 heterocycles. The summed E-state index contributed by atoms with van der Waals surface area (Å²) in [5.74, 6) is -9.28. The number of aromatic hydroxyl groups is 1. The van der Waals surface area contributed by atoms with Crippen molar-refractivity contribution in [3.63, 3.8) is 0 Å². The minimum atomic E-state index is -2.81. The molecule has 17 heteroatoms. The van der Waals surface area contributed by atoms with Crippen LogP contribution in [0.3, 0.4) is 0 Å². The number of phenols is 1. The first-order valence-electron chi connectivity index (χ1n) is 17.2. The molecule has 1 aromatic rings. The van der Waals surface area contributed by atoms with E-state index in [4.69, 9.17) is 15.2 Å². The van der Waals surface area contributed by atoms with Crippen molar-refractivity contribution < 1.29 is 58.7 Å². The van der Waals surface area contributed by atoms with Crippen LogP contribution in [0.15, 0.2) is 23.0 Å². The molecule has 290 valence electrons. The molecule has 0 aliphatic heterocycles. The summed E-state index contributed by atoms with van der Waals surface area (Å²) in [6, 6.07) is 0.235. The van der Waals surface area contributed by atoms with Crippen LogP contribution in [0.4, 0.5) is 16.2 Å². The van der Waals surface area contributed by atoms with E-state index in [0.29, 0.717) is 17.7 Å².